The van der Waals surface area contributed by atoms with Gasteiger partial charge in [-0.1, -0.05) is 6.07 Å². The number of nitrogens with two attached hydrogens (primary N) is 1. The second-order valence-electron chi connectivity index (χ2n) is 3.73. The van der Waals surface area contributed by atoms with E-state index in [0.717, 1.165) is 16.5 Å². The van der Waals surface area contributed by atoms with Crippen LogP contribution < -0.4 is 11.2 Å². The van der Waals surface area contributed by atoms with Crippen molar-refractivity contribution in [3.8, 4) is 0 Å². The number of nitrogens with one attached hydrogen (secondary N) is 2. The van der Waals surface area contributed by atoms with Crippen molar-refractivity contribution in [2.75, 3.05) is 7.11 Å². The molecule has 0 saturated carbocycles. The molecule has 0 aliphatic heterocycles. The predicted molar refractivity (Wildman–Crippen MR) is 77.2 cm³/mol. The maximum atomic E-state index is 11.4. The summed E-state index contributed by atoms with van der Waals surface area (Å²) in [6.45, 7) is 0. The van der Waals surface area contributed by atoms with Crippen molar-refractivity contribution in [1.29, 1.82) is 0 Å². The molecule has 2 rings (SSSR count). The Morgan fingerprint density at radius 3 is 3.05 bits per heavy atom. The number of H-pyrrole nitrogens is 1. The number of methoxy groups -OCH3 is 1. The maximum absolute atomic E-state index is 11.4. The quantitative estimate of drug-likeness (QED) is 0.338. The van der Waals surface area contributed by atoms with Gasteiger partial charge < -0.3 is 15.5 Å². The van der Waals surface area contributed by atoms with E-state index in [1.807, 2.05) is 6.07 Å². The van der Waals surface area contributed by atoms with Crippen LogP contribution in [0, 0.1) is 0 Å². The lowest BCUT2D eigenvalue weighted by Crippen LogP contribution is -2.23. The van der Waals surface area contributed by atoms with Crippen molar-refractivity contribution in [2.45, 2.75) is 0 Å². The molecule has 0 spiro atoms. The zero-order valence-corrected chi connectivity index (χ0v) is 11.0. The number of aromatic amines is 1. The van der Waals surface area contributed by atoms with E-state index in [9.17, 15) is 4.79 Å². The van der Waals surface area contributed by atoms with E-state index in [2.05, 4.69) is 32.5 Å². The van der Waals surface area contributed by atoms with E-state index >= 15 is 0 Å². The number of esters is 1. The fourth-order valence-electron chi connectivity index (χ4n) is 1.67. The van der Waals surface area contributed by atoms with Crippen molar-refractivity contribution in [3.05, 3.63) is 35.5 Å². The van der Waals surface area contributed by atoms with Crippen LogP contribution in [0.15, 0.2) is 29.5 Å². The number of rotatable bonds is 3. The number of aromatic nitrogens is 1. The molecule has 0 atom stereocenters. The molecule has 1 aromatic carbocycles. The zero-order valence-electron chi connectivity index (χ0n) is 10.1. The maximum Gasteiger partial charge on any atom is 0.337 e. The topological polar surface area (TPSA) is 92.5 Å². The fraction of sp³-hybridized carbons (Fsp3) is 0.0833. The Morgan fingerprint density at radius 1 is 1.58 bits per heavy atom. The van der Waals surface area contributed by atoms with Gasteiger partial charge in [-0.05, 0) is 24.4 Å². The lowest BCUT2D eigenvalue weighted by atomic mass is 10.1. The van der Waals surface area contributed by atoms with Gasteiger partial charge in [-0.15, -0.1) is 0 Å². The third-order valence-corrected chi connectivity index (χ3v) is 2.60. The molecule has 0 unspecified atom stereocenters. The van der Waals surface area contributed by atoms with Gasteiger partial charge in [-0.3, -0.25) is 5.43 Å². The number of nitrogens with zero attached hydrogens (tertiary/aromatic N) is 1. The molecule has 6 nitrogen and oxygen atoms in total. The summed E-state index contributed by atoms with van der Waals surface area (Å²) in [6, 6.07) is 5.24. The smallest absolute Gasteiger partial charge is 0.337 e. The van der Waals surface area contributed by atoms with Crippen LogP contribution in [0.3, 0.4) is 0 Å². The van der Waals surface area contributed by atoms with Crippen LogP contribution in [0.25, 0.3) is 10.9 Å². The number of carbonyl (C=O) groups excluding carboxylic acids is 1. The van der Waals surface area contributed by atoms with Crippen LogP contribution >= 0.6 is 12.2 Å². The number of ether oxygens (including phenoxy) is 1. The van der Waals surface area contributed by atoms with E-state index < -0.39 is 0 Å². The molecule has 0 saturated heterocycles. The number of hydrogen-bond donors (Lipinski definition) is 3. The molecule has 0 bridgehead atoms. The van der Waals surface area contributed by atoms with Crippen LogP contribution in [-0.2, 0) is 4.74 Å². The lowest BCUT2D eigenvalue weighted by molar-refractivity contribution is 0.0601. The molecule has 0 radical (unpaired) electrons. The van der Waals surface area contributed by atoms with E-state index in [1.165, 1.54) is 7.11 Å². The number of benzene rings is 1. The largest absolute Gasteiger partial charge is 0.465 e. The Hall–Kier alpha value is -2.41. The summed E-state index contributed by atoms with van der Waals surface area (Å²) in [6.07, 6.45) is 3.37. The highest BCUT2D eigenvalue weighted by Crippen LogP contribution is 2.18. The molecular weight excluding hydrogens is 264 g/mol. The molecule has 98 valence electrons. The van der Waals surface area contributed by atoms with Crippen molar-refractivity contribution in [2.24, 2.45) is 10.8 Å². The Morgan fingerprint density at radius 2 is 2.37 bits per heavy atom. The summed E-state index contributed by atoms with van der Waals surface area (Å²) in [5.74, 6) is -0.373. The standard InChI is InChI=1S/C12H12N4O2S/c1-18-11(17)7-2-3-9-8(5-14-10(9)4-7)6-15-16-12(13)19/h2-6,14H,1H3,(H3,13,16,19). The summed E-state index contributed by atoms with van der Waals surface area (Å²) in [5, 5.41) is 4.92. The second-order valence-corrected chi connectivity index (χ2v) is 4.17. The molecule has 2 aromatic rings. The Kier molecular flexibility index (Phi) is 3.76. The minimum atomic E-state index is -0.373. The first-order chi connectivity index (χ1) is 9.11. The predicted octanol–water partition coefficient (Wildman–Crippen LogP) is 1.12. The number of fused-ring (bicyclic) bond motifs is 1. The van der Waals surface area contributed by atoms with Crippen LogP contribution in [0.5, 0.6) is 0 Å². The summed E-state index contributed by atoms with van der Waals surface area (Å²) in [7, 11) is 1.35. The minimum absolute atomic E-state index is 0.101. The molecule has 19 heavy (non-hydrogen) atoms. The Labute approximate surface area is 114 Å². The Balaban J connectivity index is 2.31. The Bertz CT molecular complexity index is 663. The fourth-order valence-corrected chi connectivity index (χ4v) is 1.72. The molecule has 1 heterocycles. The highest BCUT2D eigenvalue weighted by molar-refractivity contribution is 7.80. The zero-order chi connectivity index (χ0) is 13.8. The summed E-state index contributed by atoms with van der Waals surface area (Å²) < 4.78 is 4.67. The van der Waals surface area contributed by atoms with Crippen LogP contribution in [-0.4, -0.2) is 29.4 Å². The van der Waals surface area contributed by atoms with Crippen LogP contribution in [0.1, 0.15) is 15.9 Å². The number of carbonyl (C=O) groups is 1. The summed E-state index contributed by atoms with van der Waals surface area (Å²) >= 11 is 4.64. The van der Waals surface area contributed by atoms with Gasteiger partial charge in [-0.2, -0.15) is 5.10 Å². The van der Waals surface area contributed by atoms with Gasteiger partial charge in [0.15, 0.2) is 5.11 Å². The first-order valence-electron chi connectivity index (χ1n) is 5.40. The average molecular weight is 276 g/mol. The van der Waals surface area contributed by atoms with Gasteiger partial charge in [0.2, 0.25) is 0 Å². The van der Waals surface area contributed by atoms with E-state index in [4.69, 9.17) is 5.73 Å². The van der Waals surface area contributed by atoms with Crippen molar-refractivity contribution >= 4 is 40.4 Å². The average Bonchev–Trinajstić information content (AvgIpc) is 2.80. The van der Waals surface area contributed by atoms with Gasteiger partial charge in [0.25, 0.3) is 0 Å². The number of hydrogen-bond acceptors (Lipinski definition) is 4. The van der Waals surface area contributed by atoms with Crippen molar-refractivity contribution < 1.29 is 9.53 Å². The monoisotopic (exact) mass is 276 g/mol. The minimum Gasteiger partial charge on any atom is -0.465 e. The highest BCUT2D eigenvalue weighted by Gasteiger charge is 2.08. The molecule has 4 N–H and O–H groups in total. The van der Waals surface area contributed by atoms with Gasteiger partial charge >= 0.3 is 5.97 Å². The highest BCUT2D eigenvalue weighted by atomic mass is 32.1. The SMILES string of the molecule is COC(=O)c1ccc2c(C=NNC(N)=S)c[nH]c2c1. The van der Waals surface area contributed by atoms with E-state index in [1.54, 1.807) is 24.5 Å². The first kappa shape index (κ1) is 13.0. The molecular formula is C12H12N4O2S. The van der Waals surface area contributed by atoms with Gasteiger partial charge in [0.1, 0.15) is 0 Å². The van der Waals surface area contributed by atoms with Crippen LogP contribution in [0.4, 0.5) is 0 Å². The van der Waals surface area contributed by atoms with Gasteiger partial charge in [-0.25, -0.2) is 4.79 Å². The molecule has 0 fully saturated rings. The lowest BCUT2D eigenvalue weighted by Gasteiger charge is -1.99. The number of thiocarbonyl (C=S) groups is 1. The third kappa shape index (κ3) is 2.89. The van der Waals surface area contributed by atoms with Crippen molar-refractivity contribution in [3.63, 3.8) is 0 Å². The number of hydrazone groups is 1. The van der Waals surface area contributed by atoms with Crippen LogP contribution in [0.2, 0.25) is 0 Å². The summed E-state index contributed by atoms with van der Waals surface area (Å²) in [5.41, 5.74) is 9.90. The molecule has 7 heteroatoms. The molecule has 1 aromatic heterocycles. The third-order valence-electron chi connectivity index (χ3n) is 2.51. The van der Waals surface area contributed by atoms with Gasteiger partial charge in [0.05, 0.1) is 18.9 Å². The van der Waals surface area contributed by atoms with E-state index in [0.29, 0.717) is 5.56 Å². The van der Waals surface area contributed by atoms with E-state index in [-0.39, 0.29) is 11.1 Å². The molecule has 0 aliphatic rings. The normalized spacial score (nSPS) is 10.8. The molecule has 0 amide bonds. The van der Waals surface area contributed by atoms with Gasteiger partial charge in [0, 0.05) is 22.7 Å². The second kappa shape index (κ2) is 5.49. The summed E-state index contributed by atoms with van der Waals surface area (Å²) in [4.78, 5) is 14.5. The van der Waals surface area contributed by atoms with Crippen molar-refractivity contribution in [1.82, 2.24) is 10.4 Å². The molecule has 0 aliphatic carbocycles. The first-order valence-corrected chi connectivity index (χ1v) is 5.80.